The van der Waals surface area contributed by atoms with Gasteiger partial charge in [-0.15, -0.1) is 0 Å². The highest BCUT2D eigenvalue weighted by molar-refractivity contribution is 5.35. The molecule has 2 aromatic rings. The van der Waals surface area contributed by atoms with Crippen LogP contribution in [0.1, 0.15) is 42.4 Å². The van der Waals surface area contributed by atoms with Gasteiger partial charge in [-0.25, -0.2) is 0 Å². The lowest BCUT2D eigenvalue weighted by Gasteiger charge is -2.16. The Balaban J connectivity index is 2.28. The van der Waals surface area contributed by atoms with Gasteiger partial charge in [0.15, 0.2) is 0 Å². The van der Waals surface area contributed by atoms with E-state index in [4.69, 9.17) is 5.73 Å². The topological polar surface area (TPSA) is 26.0 Å². The fourth-order valence-electron chi connectivity index (χ4n) is 2.26. The Kier molecular flexibility index (Phi) is 4.16. The van der Waals surface area contributed by atoms with Crippen LogP contribution in [-0.4, -0.2) is 6.54 Å². The molecule has 0 aliphatic heterocycles. The van der Waals surface area contributed by atoms with E-state index in [1.165, 1.54) is 16.7 Å². The van der Waals surface area contributed by atoms with E-state index in [-0.39, 0.29) is 0 Å². The molecule has 0 aliphatic carbocycles. The Morgan fingerprint density at radius 3 is 1.78 bits per heavy atom. The largest absolute Gasteiger partial charge is 0.330 e. The fraction of sp³-hybridized carbons (Fsp3) is 0.294. The molecule has 0 heterocycles. The van der Waals surface area contributed by atoms with Crippen LogP contribution in [-0.2, 0) is 0 Å². The van der Waals surface area contributed by atoms with E-state index in [0.717, 1.165) is 0 Å². The first kappa shape index (κ1) is 12.8. The Morgan fingerprint density at radius 2 is 1.28 bits per heavy atom. The highest BCUT2D eigenvalue weighted by Crippen LogP contribution is 2.25. The fourth-order valence-corrected chi connectivity index (χ4v) is 2.26. The minimum atomic E-state index is 0.299. The highest BCUT2D eigenvalue weighted by Gasteiger charge is 2.12. The first-order valence-corrected chi connectivity index (χ1v) is 6.57. The molecule has 0 amide bonds. The van der Waals surface area contributed by atoms with Crippen LogP contribution in [0, 0.1) is 0 Å². The molecule has 0 saturated heterocycles. The smallest absolute Gasteiger partial charge is 0.0212 e. The molecule has 2 aromatic carbocycles. The van der Waals surface area contributed by atoms with Gasteiger partial charge in [-0.05, 0) is 22.6 Å². The minimum Gasteiger partial charge on any atom is -0.330 e. The van der Waals surface area contributed by atoms with Gasteiger partial charge in [0.1, 0.15) is 0 Å². The van der Waals surface area contributed by atoms with E-state index in [0.29, 0.717) is 18.4 Å². The predicted molar refractivity (Wildman–Crippen MR) is 77.9 cm³/mol. The summed E-state index contributed by atoms with van der Waals surface area (Å²) in [6.45, 7) is 5.07. The summed E-state index contributed by atoms with van der Waals surface area (Å²) in [7, 11) is 0. The number of hydrogen-bond acceptors (Lipinski definition) is 1. The summed E-state index contributed by atoms with van der Waals surface area (Å²) in [5, 5.41) is 0. The van der Waals surface area contributed by atoms with Crippen molar-refractivity contribution in [2.24, 2.45) is 5.73 Å². The lowest BCUT2D eigenvalue weighted by molar-refractivity contribution is 0.813. The zero-order valence-corrected chi connectivity index (χ0v) is 11.1. The van der Waals surface area contributed by atoms with Crippen LogP contribution in [0.3, 0.4) is 0 Å². The molecule has 1 nitrogen and oxygen atoms in total. The standard InChI is InChI=1S/C17H21N/c1-13(2)14-8-10-16(11-9-14)17(12-18)15-6-4-3-5-7-15/h3-11,13,17H,12,18H2,1-2H3. The van der Waals surface area contributed by atoms with Crippen molar-refractivity contribution >= 4 is 0 Å². The molecule has 0 bridgehead atoms. The summed E-state index contributed by atoms with van der Waals surface area (Å²) in [4.78, 5) is 0. The van der Waals surface area contributed by atoms with E-state index in [2.05, 4.69) is 62.4 Å². The van der Waals surface area contributed by atoms with Gasteiger partial charge in [-0.2, -0.15) is 0 Å². The Hall–Kier alpha value is -1.60. The molecule has 94 valence electrons. The zero-order chi connectivity index (χ0) is 13.0. The molecule has 18 heavy (non-hydrogen) atoms. The second-order valence-corrected chi connectivity index (χ2v) is 5.02. The molecule has 1 atom stereocenters. The highest BCUT2D eigenvalue weighted by atomic mass is 14.5. The van der Waals surface area contributed by atoms with Gasteiger partial charge in [0.25, 0.3) is 0 Å². The van der Waals surface area contributed by atoms with Gasteiger partial charge >= 0.3 is 0 Å². The van der Waals surface area contributed by atoms with Gasteiger partial charge in [-0.3, -0.25) is 0 Å². The van der Waals surface area contributed by atoms with E-state index in [9.17, 15) is 0 Å². The summed E-state index contributed by atoms with van der Waals surface area (Å²) in [6, 6.07) is 19.3. The molecule has 1 heteroatoms. The molecule has 0 fully saturated rings. The first-order chi connectivity index (χ1) is 8.72. The molecule has 2 rings (SSSR count). The number of hydrogen-bond donors (Lipinski definition) is 1. The van der Waals surface area contributed by atoms with Gasteiger partial charge in [0, 0.05) is 12.5 Å². The summed E-state index contributed by atoms with van der Waals surface area (Å²) < 4.78 is 0. The maximum Gasteiger partial charge on any atom is 0.0212 e. The van der Waals surface area contributed by atoms with Crippen LogP contribution < -0.4 is 5.73 Å². The van der Waals surface area contributed by atoms with Gasteiger partial charge in [-0.1, -0.05) is 68.4 Å². The van der Waals surface area contributed by atoms with Crippen molar-refractivity contribution in [3.63, 3.8) is 0 Å². The van der Waals surface area contributed by atoms with Crippen LogP contribution >= 0.6 is 0 Å². The summed E-state index contributed by atoms with van der Waals surface area (Å²) in [6.07, 6.45) is 0. The molecule has 2 N–H and O–H groups in total. The molecule has 0 aliphatic rings. The van der Waals surface area contributed by atoms with Gasteiger partial charge in [0.05, 0.1) is 0 Å². The van der Waals surface area contributed by atoms with E-state index in [1.807, 2.05) is 6.07 Å². The third kappa shape index (κ3) is 2.80. The van der Waals surface area contributed by atoms with E-state index < -0.39 is 0 Å². The van der Waals surface area contributed by atoms with Crippen molar-refractivity contribution in [2.75, 3.05) is 6.54 Å². The number of benzene rings is 2. The van der Waals surface area contributed by atoms with Gasteiger partial charge in [0.2, 0.25) is 0 Å². The van der Waals surface area contributed by atoms with Crippen LogP contribution in [0.5, 0.6) is 0 Å². The second kappa shape index (κ2) is 5.83. The first-order valence-electron chi connectivity index (χ1n) is 6.57. The third-order valence-electron chi connectivity index (χ3n) is 3.44. The quantitative estimate of drug-likeness (QED) is 0.860. The number of rotatable bonds is 4. The van der Waals surface area contributed by atoms with Crippen molar-refractivity contribution in [1.82, 2.24) is 0 Å². The van der Waals surface area contributed by atoms with E-state index in [1.54, 1.807) is 0 Å². The van der Waals surface area contributed by atoms with Crippen molar-refractivity contribution in [2.45, 2.75) is 25.7 Å². The molecular weight excluding hydrogens is 218 g/mol. The maximum atomic E-state index is 5.93. The zero-order valence-electron chi connectivity index (χ0n) is 11.1. The van der Waals surface area contributed by atoms with Crippen LogP contribution in [0.2, 0.25) is 0 Å². The van der Waals surface area contributed by atoms with Crippen LogP contribution in [0.4, 0.5) is 0 Å². The Bertz CT molecular complexity index is 471. The van der Waals surface area contributed by atoms with E-state index >= 15 is 0 Å². The summed E-state index contributed by atoms with van der Waals surface area (Å²) >= 11 is 0. The molecular formula is C17H21N. The average molecular weight is 239 g/mol. The second-order valence-electron chi connectivity index (χ2n) is 5.02. The molecule has 0 aromatic heterocycles. The maximum absolute atomic E-state index is 5.93. The number of nitrogens with two attached hydrogens (primary N) is 1. The van der Waals surface area contributed by atoms with Crippen molar-refractivity contribution in [3.05, 3.63) is 71.3 Å². The van der Waals surface area contributed by atoms with Crippen molar-refractivity contribution in [1.29, 1.82) is 0 Å². The normalized spacial score (nSPS) is 12.7. The molecule has 1 unspecified atom stereocenters. The average Bonchev–Trinajstić information content (AvgIpc) is 2.41. The lowest BCUT2D eigenvalue weighted by Crippen LogP contribution is -2.13. The summed E-state index contributed by atoms with van der Waals surface area (Å²) in [5.41, 5.74) is 9.90. The van der Waals surface area contributed by atoms with Crippen LogP contribution in [0.25, 0.3) is 0 Å². The van der Waals surface area contributed by atoms with Crippen molar-refractivity contribution < 1.29 is 0 Å². The molecule has 0 radical (unpaired) electrons. The molecule has 0 saturated carbocycles. The minimum absolute atomic E-state index is 0.299. The Morgan fingerprint density at radius 1 is 0.778 bits per heavy atom. The third-order valence-corrected chi connectivity index (χ3v) is 3.44. The monoisotopic (exact) mass is 239 g/mol. The molecule has 0 spiro atoms. The lowest BCUT2D eigenvalue weighted by atomic mass is 9.90. The SMILES string of the molecule is CC(C)c1ccc(C(CN)c2ccccc2)cc1. The predicted octanol–water partition coefficient (Wildman–Crippen LogP) is 3.90. The summed E-state index contributed by atoms with van der Waals surface area (Å²) in [5.74, 6) is 0.875. The van der Waals surface area contributed by atoms with Gasteiger partial charge < -0.3 is 5.73 Å². The Labute approximate surface area is 110 Å². The van der Waals surface area contributed by atoms with Crippen molar-refractivity contribution in [3.8, 4) is 0 Å². The van der Waals surface area contributed by atoms with Crippen LogP contribution in [0.15, 0.2) is 54.6 Å².